The fourth-order valence-electron chi connectivity index (χ4n) is 3.67. The Balaban J connectivity index is 2.12. The van der Waals surface area contributed by atoms with Gasteiger partial charge in [0.25, 0.3) is 0 Å². The molecule has 0 aromatic heterocycles. The molecular weight excluding hydrogens is 432 g/mol. The summed E-state index contributed by atoms with van der Waals surface area (Å²) in [6.07, 6.45) is 0.721. The molecule has 1 N–H and O–H groups in total. The number of carbonyl (C=O) groups excluding carboxylic acids is 1. The Morgan fingerprint density at radius 3 is 2.28 bits per heavy atom. The topological polar surface area (TPSA) is 55.8 Å². The molecule has 4 nitrogen and oxygen atoms in total. The van der Waals surface area contributed by atoms with Crippen molar-refractivity contribution in [3.05, 3.63) is 63.3 Å². The quantitative estimate of drug-likeness (QED) is 0.564. The van der Waals surface area contributed by atoms with Crippen LogP contribution in [0.5, 0.6) is 11.5 Å². The van der Waals surface area contributed by atoms with Crippen molar-refractivity contribution in [2.75, 3.05) is 0 Å². The number of aryl methyl sites for hydroxylation is 2. The standard InChI is InChI=1S/C24H27BrO4/c1-7-15-8-9-17(28-16-10-11-19(25)14(2)12-16)13-18(15)20-21(26)23(3,4)29-24(5,6)22(20)27/h8-13,26H,7H2,1-6H3. The first-order valence-corrected chi connectivity index (χ1v) is 10.5. The molecule has 1 heterocycles. The number of rotatable bonds is 4. The lowest BCUT2D eigenvalue weighted by Gasteiger charge is -2.40. The molecule has 1 aliphatic heterocycles. The largest absolute Gasteiger partial charge is 0.508 e. The van der Waals surface area contributed by atoms with Gasteiger partial charge in [-0.2, -0.15) is 0 Å². The first-order valence-electron chi connectivity index (χ1n) is 9.72. The molecule has 0 unspecified atom stereocenters. The fourth-order valence-corrected chi connectivity index (χ4v) is 3.92. The van der Waals surface area contributed by atoms with Gasteiger partial charge >= 0.3 is 0 Å². The second-order valence-corrected chi connectivity index (χ2v) is 9.22. The molecule has 0 aliphatic carbocycles. The van der Waals surface area contributed by atoms with Crippen molar-refractivity contribution in [3.8, 4) is 11.5 Å². The van der Waals surface area contributed by atoms with Crippen LogP contribution >= 0.6 is 15.9 Å². The average molecular weight is 459 g/mol. The van der Waals surface area contributed by atoms with Crippen LogP contribution in [0.25, 0.3) is 5.57 Å². The highest BCUT2D eigenvalue weighted by Gasteiger charge is 2.47. The van der Waals surface area contributed by atoms with Crippen LogP contribution in [0.3, 0.4) is 0 Å². The van der Waals surface area contributed by atoms with Gasteiger partial charge in [0, 0.05) is 4.47 Å². The monoisotopic (exact) mass is 458 g/mol. The molecule has 0 bridgehead atoms. The molecule has 0 fully saturated rings. The van der Waals surface area contributed by atoms with Crippen LogP contribution in [0, 0.1) is 6.92 Å². The number of carbonyl (C=O) groups is 1. The lowest BCUT2D eigenvalue weighted by atomic mass is 9.81. The fraction of sp³-hybridized carbons (Fsp3) is 0.375. The Morgan fingerprint density at radius 2 is 1.66 bits per heavy atom. The van der Waals surface area contributed by atoms with Gasteiger partial charge < -0.3 is 14.6 Å². The Kier molecular flexibility index (Phi) is 5.67. The van der Waals surface area contributed by atoms with E-state index in [9.17, 15) is 9.90 Å². The average Bonchev–Trinajstić information content (AvgIpc) is 2.63. The second kappa shape index (κ2) is 7.62. The van der Waals surface area contributed by atoms with Gasteiger partial charge in [-0.25, -0.2) is 0 Å². The molecule has 1 aliphatic rings. The van der Waals surface area contributed by atoms with E-state index in [1.54, 1.807) is 27.7 Å². The van der Waals surface area contributed by atoms with E-state index in [4.69, 9.17) is 9.47 Å². The van der Waals surface area contributed by atoms with Crippen molar-refractivity contribution in [3.63, 3.8) is 0 Å². The highest BCUT2D eigenvalue weighted by atomic mass is 79.9. The summed E-state index contributed by atoms with van der Waals surface area (Å²) in [5.74, 6) is 1.03. The van der Waals surface area contributed by atoms with Gasteiger partial charge in [0.1, 0.15) is 28.5 Å². The van der Waals surface area contributed by atoms with E-state index < -0.39 is 11.2 Å². The van der Waals surface area contributed by atoms with E-state index >= 15 is 0 Å². The minimum absolute atomic E-state index is 0.0480. The van der Waals surface area contributed by atoms with Crippen molar-refractivity contribution in [2.45, 2.75) is 59.2 Å². The number of benzene rings is 2. The summed E-state index contributed by atoms with van der Waals surface area (Å²) in [4.78, 5) is 13.2. The summed E-state index contributed by atoms with van der Waals surface area (Å²) in [7, 11) is 0. The molecule has 0 atom stereocenters. The zero-order valence-electron chi connectivity index (χ0n) is 17.7. The van der Waals surface area contributed by atoms with Crippen molar-refractivity contribution in [1.82, 2.24) is 0 Å². The number of ketones is 1. The van der Waals surface area contributed by atoms with Crippen molar-refractivity contribution in [2.24, 2.45) is 0 Å². The van der Waals surface area contributed by atoms with Gasteiger partial charge in [-0.05, 0) is 88.1 Å². The van der Waals surface area contributed by atoms with Crippen LogP contribution < -0.4 is 4.74 Å². The molecule has 3 rings (SSSR count). The summed E-state index contributed by atoms with van der Waals surface area (Å²) in [5, 5.41) is 10.9. The Hall–Kier alpha value is -2.11. The maximum Gasteiger partial charge on any atom is 0.198 e. The molecule has 0 amide bonds. The molecule has 0 spiro atoms. The third-order valence-electron chi connectivity index (χ3n) is 5.19. The Bertz CT molecular complexity index is 1000. The maximum absolute atomic E-state index is 13.2. The van der Waals surface area contributed by atoms with Crippen LogP contribution in [0.2, 0.25) is 0 Å². The summed E-state index contributed by atoms with van der Waals surface area (Å²) < 4.78 is 12.9. The second-order valence-electron chi connectivity index (χ2n) is 8.36. The SMILES string of the molecule is CCc1ccc(Oc2ccc(Br)c(C)c2)cc1C1=C(O)C(C)(C)OC(C)(C)C1=O. The summed E-state index contributed by atoms with van der Waals surface area (Å²) >= 11 is 3.49. The highest BCUT2D eigenvalue weighted by Crippen LogP contribution is 2.42. The van der Waals surface area contributed by atoms with E-state index in [2.05, 4.69) is 15.9 Å². The van der Waals surface area contributed by atoms with Crippen molar-refractivity contribution in [1.29, 1.82) is 0 Å². The minimum Gasteiger partial charge on any atom is -0.508 e. The van der Waals surface area contributed by atoms with Gasteiger partial charge in [-0.15, -0.1) is 0 Å². The van der Waals surface area contributed by atoms with Crippen LogP contribution in [0.1, 0.15) is 51.3 Å². The van der Waals surface area contributed by atoms with Gasteiger partial charge in [0.05, 0.1) is 5.57 Å². The van der Waals surface area contributed by atoms with Crippen molar-refractivity contribution < 1.29 is 19.4 Å². The summed E-state index contributed by atoms with van der Waals surface area (Å²) in [5.41, 5.74) is 1.03. The smallest absolute Gasteiger partial charge is 0.198 e. The predicted molar refractivity (Wildman–Crippen MR) is 119 cm³/mol. The van der Waals surface area contributed by atoms with Gasteiger partial charge in [-0.3, -0.25) is 4.79 Å². The van der Waals surface area contributed by atoms with Crippen LogP contribution in [-0.4, -0.2) is 22.1 Å². The van der Waals surface area contributed by atoms with Gasteiger partial charge in [0.15, 0.2) is 5.78 Å². The van der Waals surface area contributed by atoms with E-state index in [0.29, 0.717) is 22.6 Å². The predicted octanol–water partition coefficient (Wildman–Crippen LogP) is 6.54. The first-order chi connectivity index (χ1) is 13.5. The van der Waals surface area contributed by atoms with E-state index in [-0.39, 0.29) is 11.5 Å². The maximum atomic E-state index is 13.2. The first kappa shape index (κ1) is 21.6. The normalized spacial score (nSPS) is 18.1. The molecule has 2 aromatic carbocycles. The molecule has 2 aromatic rings. The lowest BCUT2D eigenvalue weighted by Crippen LogP contribution is -2.49. The van der Waals surface area contributed by atoms with E-state index in [0.717, 1.165) is 22.0 Å². The van der Waals surface area contributed by atoms with Gasteiger partial charge in [0.2, 0.25) is 0 Å². The number of hydrogen-bond donors (Lipinski definition) is 1. The number of aliphatic hydroxyl groups is 1. The van der Waals surface area contributed by atoms with E-state index in [1.807, 2.05) is 50.2 Å². The molecule has 0 saturated heterocycles. The summed E-state index contributed by atoms with van der Waals surface area (Å²) in [6, 6.07) is 11.4. The molecule has 5 heteroatoms. The minimum atomic E-state index is -1.03. The zero-order valence-corrected chi connectivity index (χ0v) is 19.3. The third kappa shape index (κ3) is 4.12. The van der Waals surface area contributed by atoms with Crippen LogP contribution in [0.15, 0.2) is 46.6 Å². The molecular formula is C24H27BrO4. The lowest BCUT2D eigenvalue weighted by molar-refractivity contribution is -0.158. The Morgan fingerprint density at radius 1 is 1.03 bits per heavy atom. The van der Waals surface area contributed by atoms with Crippen LogP contribution in [0.4, 0.5) is 0 Å². The number of hydrogen-bond acceptors (Lipinski definition) is 4. The third-order valence-corrected chi connectivity index (χ3v) is 6.08. The van der Waals surface area contributed by atoms with Crippen LogP contribution in [-0.2, 0) is 16.0 Å². The highest BCUT2D eigenvalue weighted by molar-refractivity contribution is 9.10. The Labute approximate surface area is 180 Å². The zero-order chi connectivity index (χ0) is 21.6. The number of Topliss-reactive ketones (excluding diaryl/α,β-unsaturated/α-hetero) is 1. The van der Waals surface area contributed by atoms with Gasteiger partial charge in [-0.1, -0.05) is 28.9 Å². The van der Waals surface area contributed by atoms with E-state index in [1.165, 1.54) is 0 Å². The molecule has 29 heavy (non-hydrogen) atoms. The van der Waals surface area contributed by atoms with Crippen molar-refractivity contribution >= 4 is 27.3 Å². The number of aliphatic hydroxyl groups excluding tert-OH is 1. The summed E-state index contributed by atoms with van der Waals surface area (Å²) in [6.45, 7) is 11.0. The molecule has 154 valence electrons. The number of halogens is 1. The number of ether oxygens (including phenoxy) is 2. The molecule has 0 radical (unpaired) electrons. The molecule has 0 saturated carbocycles.